The molecule has 27 heavy (non-hydrogen) atoms. The van der Waals surface area contributed by atoms with Gasteiger partial charge in [-0.25, -0.2) is 0 Å². The summed E-state index contributed by atoms with van der Waals surface area (Å²) in [4.78, 5) is 0. The predicted octanol–water partition coefficient (Wildman–Crippen LogP) is 8.38. The van der Waals surface area contributed by atoms with Crippen LogP contribution in [-0.2, 0) is 0 Å². The monoisotopic (exact) mass is 396 g/mol. The van der Waals surface area contributed by atoms with Gasteiger partial charge in [-0.15, -0.1) is 13.2 Å². The lowest BCUT2D eigenvalue weighted by Gasteiger charge is -2.29. The summed E-state index contributed by atoms with van der Waals surface area (Å²) in [6.45, 7) is 18.1. The molecule has 1 aromatic carbocycles. The number of fused-ring (bicyclic) bond motifs is 1. The molecule has 148 valence electrons. The summed E-state index contributed by atoms with van der Waals surface area (Å²) in [5, 5.41) is 1.74. The third-order valence-electron chi connectivity index (χ3n) is 6.43. The molecule has 0 N–H and O–H groups in total. The molecular formula is C25H40Si2. The van der Waals surface area contributed by atoms with E-state index in [2.05, 4.69) is 81.8 Å². The third-order valence-corrected chi connectivity index (χ3v) is 13.7. The smallest absolute Gasteiger partial charge is 0.0810 e. The van der Waals surface area contributed by atoms with Crippen LogP contribution in [0.15, 0.2) is 55.7 Å². The fourth-order valence-electron chi connectivity index (χ4n) is 4.61. The largest absolute Gasteiger partial charge is 0.103 e. The molecule has 1 atom stereocenters. The minimum Gasteiger partial charge on any atom is -0.103 e. The summed E-state index contributed by atoms with van der Waals surface area (Å²) in [5.74, 6) is 0. The zero-order valence-corrected chi connectivity index (χ0v) is 20.2. The maximum atomic E-state index is 3.88. The van der Waals surface area contributed by atoms with Crippen molar-refractivity contribution in [3.05, 3.63) is 66.8 Å². The lowest BCUT2D eigenvalue weighted by Crippen LogP contribution is -2.33. The van der Waals surface area contributed by atoms with Crippen LogP contribution in [0.1, 0.15) is 55.2 Å². The van der Waals surface area contributed by atoms with Crippen molar-refractivity contribution >= 4 is 21.3 Å². The van der Waals surface area contributed by atoms with E-state index in [1.54, 1.807) is 16.3 Å². The first-order chi connectivity index (χ1) is 12.8. The van der Waals surface area contributed by atoms with Crippen LogP contribution in [0.5, 0.6) is 0 Å². The fraction of sp³-hybridized carbons (Fsp3) is 0.520. The van der Waals surface area contributed by atoms with Crippen LogP contribution < -0.4 is 0 Å². The molecule has 1 aliphatic carbocycles. The Morgan fingerprint density at radius 3 is 2.07 bits per heavy atom. The molecule has 0 aromatic heterocycles. The van der Waals surface area contributed by atoms with Crippen molar-refractivity contribution in [2.75, 3.05) is 0 Å². The van der Waals surface area contributed by atoms with E-state index in [0.29, 0.717) is 5.54 Å². The Hall–Kier alpha value is -1.13. The molecule has 0 saturated carbocycles. The Balaban J connectivity index is 2.21. The zero-order valence-electron chi connectivity index (χ0n) is 18.2. The van der Waals surface area contributed by atoms with Crippen LogP contribution in [0.3, 0.4) is 0 Å². The minimum absolute atomic E-state index is 0.701. The summed E-state index contributed by atoms with van der Waals surface area (Å²) in [6, 6.07) is 12.1. The summed E-state index contributed by atoms with van der Waals surface area (Å²) in [5.41, 5.74) is 3.93. The van der Waals surface area contributed by atoms with Crippen molar-refractivity contribution in [2.24, 2.45) is 0 Å². The molecule has 2 heteroatoms. The molecule has 2 rings (SSSR count). The van der Waals surface area contributed by atoms with Gasteiger partial charge in [0.25, 0.3) is 0 Å². The first-order valence-electron chi connectivity index (χ1n) is 10.9. The average molecular weight is 397 g/mol. The normalized spacial score (nSPS) is 16.7. The van der Waals surface area contributed by atoms with Crippen LogP contribution >= 0.6 is 0 Å². The fourth-order valence-corrected chi connectivity index (χ4v) is 10.9. The molecule has 0 saturated heterocycles. The Morgan fingerprint density at radius 1 is 0.852 bits per heavy atom. The van der Waals surface area contributed by atoms with E-state index in [0.717, 1.165) is 12.8 Å². The molecule has 0 radical (unpaired) electrons. The molecule has 0 bridgehead atoms. The molecule has 1 aliphatic rings. The topological polar surface area (TPSA) is 0 Å². The van der Waals surface area contributed by atoms with Gasteiger partial charge in [-0.2, -0.15) is 0 Å². The molecular weight excluding hydrogens is 356 g/mol. The van der Waals surface area contributed by atoms with Crippen molar-refractivity contribution in [1.29, 1.82) is 0 Å². The minimum atomic E-state index is -1.40. The number of benzene rings is 1. The van der Waals surface area contributed by atoms with Gasteiger partial charge in [-0.3, -0.25) is 0 Å². The second-order valence-electron chi connectivity index (χ2n) is 9.59. The molecule has 0 heterocycles. The van der Waals surface area contributed by atoms with E-state index in [1.807, 2.05) is 0 Å². The number of hydrogen-bond acceptors (Lipinski definition) is 0. The molecule has 1 aromatic rings. The van der Waals surface area contributed by atoms with Gasteiger partial charge >= 0.3 is 0 Å². The highest BCUT2D eigenvalue weighted by molar-refractivity contribution is 6.95. The SMILES string of the molecule is C=CCCCC[Si](C)(C)C1=C[C@@H]([Si](C)(C)CCCCC=C)c2ccccc21. The van der Waals surface area contributed by atoms with Crippen molar-refractivity contribution in [3.63, 3.8) is 0 Å². The van der Waals surface area contributed by atoms with Gasteiger partial charge in [0.1, 0.15) is 0 Å². The number of unbranched alkanes of at least 4 members (excludes halogenated alkanes) is 4. The molecule has 0 aliphatic heterocycles. The highest BCUT2D eigenvalue weighted by Crippen LogP contribution is 2.47. The molecule has 0 amide bonds. The second kappa shape index (κ2) is 9.88. The van der Waals surface area contributed by atoms with Crippen LogP contribution in [0.2, 0.25) is 38.3 Å². The van der Waals surface area contributed by atoms with Gasteiger partial charge in [0.2, 0.25) is 0 Å². The quantitative estimate of drug-likeness (QED) is 0.189. The highest BCUT2D eigenvalue weighted by Gasteiger charge is 2.40. The predicted molar refractivity (Wildman–Crippen MR) is 130 cm³/mol. The van der Waals surface area contributed by atoms with E-state index < -0.39 is 16.1 Å². The summed E-state index contributed by atoms with van der Waals surface area (Å²) in [6.07, 6.45) is 14.5. The van der Waals surface area contributed by atoms with Crippen LogP contribution in [-0.4, -0.2) is 16.1 Å². The molecule has 0 unspecified atom stereocenters. The first-order valence-corrected chi connectivity index (χ1v) is 17.4. The Kier molecular flexibility index (Phi) is 8.11. The van der Waals surface area contributed by atoms with Gasteiger partial charge in [0, 0.05) is 0 Å². The van der Waals surface area contributed by atoms with Crippen LogP contribution in [0.4, 0.5) is 0 Å². The highest BCUT2D eigenvalue weighted by atomic mass is 28.3. The molecule has 0 fully saturated rings. The second-order valence-corrected chi connectivity index (χ2v) is 19.5. The zero-order chi connectivity index (χ0) is 19.9. The summed E-state index contributed by atoms with van der Waals surface area (Å²) >= 11 is 0. The summed E-state index contributed by atoms with van der Waals surface area (Å²) in [7, 11) is -2.74. The van der Waals surface area contributed by atoms with Crippen molar-refractivity contribution in [1.82, 2.24) is 0 Å². The van der Waals surface area contributed by atoms with Crippen LogP contribution in [0, 0.1) is 0 Å². The molecule has 0 spiro atoms. The number of rotatable bonds is 12. The standard InChI is InChI=1S/C25H40Si2/c1-7-9-11-15-19-26(3,4)24-21-25(23-18-14-13-17-22(23)24)27(5,6)20-16-12-10-8-2/h7-8,13-14,17-18,21,24H,1-2,9-12,15-16,19-20H2,3-6H3/t24-/m1/s1. The Bertz CT molecular complexity index is 667. The maximum Gasteiger partial charge on any atom is 0.0810 e. The van der Waals surface area contributed by atoms with E-state index in [1.165, 1.54) is 37.8 Å². The maximum absolute atomic E-state index is 3.88. The molecule has 0 nitrogen and oxygen atoms in total. The van der Waals surface area contributed by atoms with Crippen molar-refractivity contribution < 1.29 is 0 Å². The van der Waals surface area contributed by atoms with Gasteiger partial charge in [-0.05, 0) is 29.5 Å². The lowest BCUT2D eigenvalue weighted by molar-refractivity contribution is 0.797. The number of hydrogen-bond donors (Lipinski definition) is 0. The van der Waals surface area contributed by atoms with Crippen LogP contribution in [0.25, 0.3) is 5.20 Å². The van der Waals surface area contributed by atoms with Gasteiger partial charge in [-0.1, -0.05) is 112 Å². The van der Waals surface area contributed by atoms with Gasteiger partial charge in [0.05, 0.1) is 16.1 Å². The van der Waals surface area contributed by atoms with Gasteiger partial charge in [0.15, 0.2) is 0 Å². The Labute approximate surface area is 170 Å². The van der Waals surface area contributed by atoms with E-state index >= 15 is 0 Å². The van der Waals surface area contributed by atoms with E-state index in [4.69, 9.17) is 0 Å². The third kappa shape index (κ3) is 5.68. The van der Waals surface area contributed by atoms with Gasteiger partial charge < -0.3 is 0 Å². The lowest BCUT2D eigenvalue weighted by atomic mass is 10.1. The number of allylic oxidation sites excluding steroid dienone is 3. The average Bonchev–Trinajstić information content (AvgIpc) is 3.04. The first kappa shape index (κ1) is 22.2. The Morgan fingerprint density at radius 2 is 1.44 bits per heavy atom. The van der Waals surface area contributed by atoms with E-state index in [9.17, 15) is 0 Å². The summed E-state index contributed by atoms with van der Waals surface area (Å²) < 4.78 is 0. The van der Waals surface area contributed by atoms with E-state index in [-0.39, 0.29) is 0 Å². The van der Waals surface area contributed by atoms with Crippen molar-refractivity contribution in [3.8, 4) is 0 Å². The van der Waals surface area contributed by atoms with Crippen molar-refractivity contribution in [2.45, 2.75) is 82.3 Å².